The lowest BCUT2D eigenvalue weighted by atomic mass is 10.1. The van der Waals surface area contributed by atoms with Gasteiger partial charge in [0.05, 0.1) is 17.8 Å². The van der Waals surface area contributed by atoms with Gasteiger partial charge in [0.1, 0.15) is 0 Å². The molecule has 3 N–H and O–H groups in total. The monoisotopic (exact) mass is 340 g/mol. The van der Waals surface area contributed by atoms with E-state index in [9.17, 15) is 9.90 Å². The highest BCUT2D eigenvalue weighted by Gasteiger charge is 2.14. The number of halogens is 1. The zero-order valence-corrected chi connectivity index (χ0v) is 12.7. The van der Waals surface area contributed by atoms with Crippen molar-refractivity contribution in [2.45, 2.75) is 6.54 Å². The quantitative estimate of drug-likeness (QED) is 0.836. The van der Waals surface area contributed by atoms with Crippen molar-refractivity contribution in [3.63, 3.8) is 0 Å². The third kappa shape index (κ3) is 3.27. The molecule has 0 unspecified atom stereocenters. The zero-order chi connectivity index (χ0) is 14.0. The second-order valence-corrected chi connectivity index (χ2v) is 6.08. The van der Waals surface area contributed by atoms with Crippen molar-refractivity contribution in [1.29, 1.82) is 0 Å². The molecule has 2 aromatic rings. The minimum Gasteiger partial charge on any atom is -0.478 e. The van der Waals surface area contributed by atoms with Crippen LogP contribution in [0, 0.1) is 0 Å². The Morgan fingerprint density at radius 2 is 2.21 bits per heavy atom. The Labute approximate surface area is 123 Å². The van der Waals surface area contributed by atoms with E-state index in [1.165, 1.54) is 6.07 Å². The van der Waals surface area contributed by atoms with Gasteiger partial charge in [-0.05, 0) is 40.2 Å². The lowest BCUT2D eigenvalue weighted by molar-refractivity contribution is 0.0697. The Bertz CT molecular complexity index is 612. The van der Waals surface area contributed by atoms with E-state index in [4.69, 9.17) is 5.73 Å². The molecule has 4 nitrogen and oxygen atoms in total. The van der Waals surface area contributed by atoms with Crippen molar-refractivity contribution >= 4 is 44.6 Å². The van der Waals surface area contributed by atoms with Gasteiger partial charge in [0.2, 0.25) is 0 Å². The summed E-state index contributed by atoms with van der Waals surface area (Å²) in [6, 6.07) is 6.96. The van der Waals surface area contributed by atoms with Crippen molar-refractivity contribution < 1.29 is 9.90 Å². The first kappa shape index (κ1) is 13.9. The molecule has 6 heteroatoms. The van der Waals surface area contributed by atoms with Crippen LogP contribution < -0.4 is 10.6 Å². The first-order valence-electron chi connectivity index (χ1n) is 5.54. The average molecular weight is 341 g/mol. The molecule has 0 spiro atoms. The largest absolute Gasteiger partial charge is 0.478 e. The summed E-state index contributed by atoms with van der Waals surface area (Å²) in [6.07, 6.45) is 0. The van der Waals surface area contributed by atoms with Crippen molar-refractivity contribution in [1.82, 2.24) is 0 Å². The summed E-state index contributed by atoms with van der Waals surface area (Å²) in [5.74, 6) is -0.971. The molecule has 1 heterocycles. The van der Waals surface area contributed by atoms with Crippen molar-refractivity contribution in [3.05, 3.63) is 44.6 Å². The van der Waals surface area contributed by atoms with Crippen LogP contribution in [-0.4, -0.2) is 18.1 Å². The maximum atomic E-state index is 11.2. The summed E-state index contributed by atoms with van der Waals surface area (Å²) in [7, 11) is 1.87. The lowest BCUT2D eigenvalue weighted by Crippen LogP contribution is -2.19. The molecule has 100 valence electrons. The first-order chi connectivity index (χ1) is 8.97. The van der Waals surface area contributed by atoms with Gasteiger partial charge < -0.3 is 15.7 Å². The molecule has 0 aliphatic heterocycles. The van der Waals surface area contributed by atoms with Gasteiger partial charge in [0.25, 0.3) is 0 Å². The standard InChI is InChI=1S/C13H13BrN2O2S/c1-16(6-10-4-8(14)7-19-10)12-3-2-9(15)5-11(12)13(17)18/h2-5,7H,6,15H2,1H3,(H,17,18). The number of rotatable bonds is 4. The van der Waals surface area contributed by atoms with E-state index in [0.29, 0.717) is 17.9 Å². The van der Waals surface area contributed by atoms with Crippen LogP contribution in [0.5, 0.6) is 0 Å². The molecule has 0 fully saturated rings. The fraction of sp³-hybridized carbons (Fsp3) is 0.154. The number of carboxylic acid groups (broad SMARTS) is 1. The number of nitrogens with zero attached hydrogens (tertiary/aromatic N) is 1. The lowest BCUT2D eigenvalue weighted by Gasteiger charge is -2.20. The maximum Gasteiger partial charge on any atom is 0.337 e. The molecule has 0 aliphatic rings. The summed E-state index contributed by atoms with van der Waals surface area (Å²) in [4.78, 5) is 14.3. The van der Waals surface area contributed by atoms with Crippen molar-refractivity contribution in [2.75, 3.05) is 17.7 Å². The molecule has 0 aliphatic carbocycles. The number of nitrogens with two attached hydrogens (primary N) is 1. The summed E-state index contributed by atoms with van der Waals surface area (Å²) >= 11 is 5.04. The van der Waals surface area contributed by atoms with Gasteiger partial charge in [0.15, 0.2) is 0 Å². The van der Waals surface area contributed by atoms with Gasteiger partial charge in [-0.1, -0.05) is 0 Å². The predicted octanol–water partition coefficient (Wildman–Crippen LogP) is 3.43. The molecule has 1 aromatic carbocycles. The van der Waals surface area contributed by atoms with E-state index >= 15 is 0 Å². The third-order valence-corrected chi connectivity index (χ3v) is 4.36. The molecule has 1 aromatic heterocycles. The first-order valence-corrected chi connectivity index (χ1v) is 7.21. The van der Waals surface area contributed by atoms with Gasteiger partial charge in [0, 0.05) is 27.5 Å². The van der Waals surface area contributed by atoms with E-state index in [-0.39, 0.29) is 5.56 Å². The average Bonchev–Trinajstić information content (AvgIpc) is 2.74. The fourth-order valence-electron chi connectivity index (χ4n) is 1.81. The normalized spacial score (nSPS) is 10.4. The number of hydrogen-bond donors (Lipinski definition) is 2. The maximum absolute atomic E-state index is 11.2. The van der Waals surface area contributed by atoms with Crippen LogP contribution in [0.4, 0.5) is 11.4 Å². The van der Waals surface area contributed by atoms with Gasteiger partial charge in [-0.25, -0.2) is 4.79 Å². The number of aromatic carboxylic acids is 1. The molecule has 0 atom stereocenters. The molecule has 0 amide bonds. The van der Waals surface area contributed by atoms with Gasteiger partial charge in [-0.2, -0.15) is 0 Å². The van der Waals surface area contributed by atoms with Gasteiger partial charge in [-0.3, -0.25) is 0 Å². The highest BCUT2D eigenvalue weighted by molar-refractivity contribution is 9.10. The van der Waals surface area contributed by atoms with Crippen LogP contribution >= 0.6 is 27.3 Å². The van der Waals surface area contributed by atoms with E-state index in [1.54, 1.807) is 23.5 Å². The van der Waals surface area contributed by atoms with Crippen LogP contribution in [0.25, 0.3) is 0 Å². The number of anilines is 2. The molecule has 19 heavy (non-hydrogen) atoms. The van der Waals surface area contributed by atoms with Gasteiger partial charge in [-0.15, -0.1) is 11.3 Å². The van der Waals surface area contributed by atoms with Gasteiger partial charge >= 0.3 is 5.97 Å². The number of benzene rings is 1. The van der Waals surface area contributed by atoms with Crippen LogP contribution in [0.3, 0.4) is 0 Å². The van der Waals surface area contributed by atoms with E-state index < -0.39 is 5.97 Å². The second kappa shape index (κ2) is 5.63. The topological polar surface area (TPSA) is 66.6 Å². The van der Waals surface area contributed by atoms with Crippen LogP contribution in [0.15, 0.2) is 34.1 Å². The van der Waals surface area contributed by atoms with Crippen LogP contribution in [-0.2, 0) is 6.54 Å². The highest BCUT2D eigenvalue weighted by atomic mass is 79.9. The number of hydrogen-bond acceptors (Lipinski definition) is 4. The smallest absolute Gasteiger partial charge is 0.337 e. The van der Waals surface area contributed by atoms with E-state index in [0.717, 1.165) is 9.35 Å². The third-order valence-electron chi connectivity index (χ3n) is 2.68. The fourth-order valence-corrected chi connectivity index (χ4v) is 3.32. The molecule has 0 radical (unpaired) electrons. The Morgan fingerprint density at radius 3 is 2.79 bits per heavy atom. The van der Waals surface area contributed by atoms with Crippen molar-refractivity contribution in [2.24, 2.45) is 0 Å². The molecule has 0 saturated carbocycles. The van der Waals surface area contributed by atoms with Crippen molar-refractivity contribution in [3.8, 4) is 0 Å². The summed E-state index contributed by atoms with van der Waals surface area (Å²) in [5, 5.41) is 11.2. The Hall–Kier alpha value is -1.53. The van der Waals surface area contributed by atoms with Crippen LogP contribution in [0.1, 0.15) is 15.2 Å². The Morgan fingerprint density at radius 1 is 1.47 bits per heavy atom. The molecule has 0 bridgehead atoms. The number of thiophene rings is 1. The van der Waals surface area contributed by atoms with E-state index in [2.05, 4.69) is 15.9 Å². The van der Waals surface area contributed by atoms with Crippen LogP contribution in [0.2, 0.25) is 0 Å². The molecular weight excluding hydrogens is 328 g/mol. The highest BCUT2D eigenvalue weighted by Crippen LogP contribution is 2.26. The zero-order valence-electron chi connectivity index (χ0n) is 10.3. The summed E-state index contributed by atoms with van der Waals surface area (Å²) in [5.41, 5.74) is 6.97. The summed E-state index contributed by atoms with van der Waals surface area (Å²) in [6.45, 7) is 0.653. The predicted molar refractivity (Wildman–Crippen MR) is 81.9 cm³/mol. The number of nitrogen functional groups attached to an aromatic ring is 1. The number of carboxylic acids is 1. The number of carbonyl (C=O) groups is 1. The minimum absolute atomic E-state index is 0.220. The molecule has 2 rings (SSSR count). The SMILES string of the molecule is CN(Cc1cc(Br)cs1)c1ccc(N)cc1C(=O)O. The Kier molecular flexibility index (Phi) is 4.11. The molecular formula is C13H13BrN2O2S. The van der Waals surface area contributed by atoms with E-state index in [1.807, 2.05) is 23.4 Å². The molecule has 0 saturated heterocycles. The summed E-state index contributed by atoms with van der Waals surface area (Å²) < 4.78 is 1.04. The minimum atomic E-state index is -0.971. The second-order valence-electron chi connectivity index (χ2n) is 4.17. The Balaban J connectivity index is 2.28.